The van der Waals surface area contributed by atoms with Crippen molar-refractivity contribution in [3.8, 4) is 0 Å². The minimum absolute atomic E-state index is 0.0232. The number of piperidine rings is 1. The first-order valence-corrected chi connectivity index (χ1v) is 10.6. The summed E-state index contributed by atoms with van der Waals surface area (Å²) in [6.07, 6.45) is 2.20. The molecule has 5 nitrogen and oxygen atoms in total. The minimum atomic E-state index is -0.428. The number of thiazole rings is 1. The van der Waals surface area contributed by atoms with E-state index in [4.69, 9.17) is 16.6 Å². The van der Waals surface area contributed by atoms with Crippen molar-refractivity contribution in [3.05, 3.63) is 28.2 Å². The number of carbonyl (C=O) groups excluding carboxylic acids is 2. The lowest BCUT2D eigenvalue weighted by molar-refractivity contribution is -0.132. The van der Waals surface area contributed by atoms with Crippen molar-refractivity contribution in [1.29, 1.82) is 0 Å². The SMILES string of the molecule is CC(C)(C)C(=O)NCCC(=O)N1CCC(c2nc3cc(Cl)ccc3s2)CC1. The fourth-order valence-electron chi connectivity index (χ4n) is 3.18. The summed E-state index contributed by atoms with van der Waals surface area (Å²) in [4.78, 5) is 30.9. The molecule has 0 atom stereocenters. The lowest BCUT2D eigenvalue weighted by Gasteiger charge is -2.31. The Bertz CT molecular complexity index is 835. The summed E-state index contributed by atoms with van der Waals surface area (Å²) in [5.41, 5.74) is 0.527. The zero-order valence-corrected chi connectivity index (χ0v) is 17.6. The van der Waals surface area contributed by atoms with E-state index in [2.05, 4.69) is 5.32 Å². The smallest absolute Gasteiger partial charge is 0.225 e. The van der Waals surface area contributed by atoms with Gasteiger partial charge in [0.25, 0.3) is 0 Å². The van der Waals surface area contributed by atoms with E-state index in [1.807, 2.05) is 43.9 Å². The molecule has 1 aliphatic rings. The number of carbonyl (C=O) groups is 2. The highest BCUT2D eigenvalue weighted by Crippen LogP contribution is 2.34. The summed E-state index contributed by atoms with van der Waals surface area (Å²) in [6, 6.07) is 5.82. The molecule has 1 N–H and O–H groups in total. The Kier molecular flexibility index (Phi) is 6.06. The molecule has 146 valence electrons. The molecule has 0 aliphatic carbocycles. The van der Waals surface area contributed by atoms with Gasteiger partial charge in [0.05, 0.1) is 15.2 Å². The van der Waals surface area contributed by atoms with E-state index in [1.165, 1.54) is 0 Å². The molecular weight excluding hydrogens is 382 g/mol. The van der Waals surface area contributed by atoms with Gasteiger partial charge < -0.3 is 10.2 Å². The van der Waals surface area contributed by atoms with Crippen LogP contribution >= 0.6 is 22.9 Å². The van der Waals surface area contributed by atoms with Crippen molar-refractivity contribution in [2.75, 3.05) is 19.6 Å². The standard InChI is InChI=1S/C20H26ClN3O2S/c1-20(2,3)19(26)22-9-6-17(25)24-10-7-13(8-11-24)18-23-15-12-14(21)4-5-16(15)27-18/h4-5,12-13H,6-11H2,1-3H3,(H,22,26). The average Bonchev–Trinajstić information content (AvgIpc) is 3.04. The number of halogens is 1. The first-order valence-electron chi connectivity index (χ1n) is 9.36. The predicted octanol–water partition coefficient (Wildman–Crippen LogP) is 4.21. The molecule has 1 fully saturated rings. The molecule has 1 saturated heterocycles. The quantitative estimate of drug-likeness (QED) is 0.825. The molecule has 7 heteroatoms. The Hall–Kier alpha value is -1.66. The van der Waals surface area contributed by atoms with Crippen LogP contribution in [0.3, 0.4) is 0 Å². The third-order valence-electron chi connectivity index (χ3n) is 4.87. The summed E-state index contributed by atoms with van der Waals surface area (Å²) >= 11 is 7.77. The zero-order valence-electron chi connectivity index (χ0n) is 16.0. The first kappa shape index (κ1) is 20.1. The minimum Gasteiger partial charge on any atom is -0.355 e. The number of nitrogens with zero attached hydrogens (tertiary/aromatic N) is 2. The molecule has 0 unspecified atom stereocenters. The van der Waals surface area contributed by atoms with Crippen LogP contribution in [0.4, 0.5) is 0 Å². The summed E-state index contributed by atoms with van der Waals surface area (Å²) < 4.78 is 1.16. The van der Waals surface area contributed by atoms with Crippen LogP contribution in [0.15, 0.2) is 18.2 Å². The van der Waals surface area contributed by atoms with Crippen molar-refractivity contribution < 1.29 is 9.59 Å². The van der Waals surface area contributed by atoms with Gasteiger partial charge in [0.2, 0.25) is 11.8 Å². The maximum Gasteiger partial charge on any atom is 0.225 e. The van der Waals surface area contributed by atoms with Crippen molar-refractivity contribution in [2.24, 2.45) is 5.41 Å². The second-order valence-electron chi connectivity index (χ2n) is 8.08. The Labute approximate surface area is 169 Å². The van der Waals surface area contributed by atoms with Crippen molar-refractivity contribution >= 4 is 45.0 Å². The summed E-state index contributed by atoms with van der Waals surface area (Å²) in [6.45, 7) is 7.48. The number of benzene rings is 1. The van der Waals surface area contributed by atoms with E-state index in [-0.39, 0.29) is 11.8 Å². The molecule has 1 aliphatic heterocycles. The molecule has 3 rings (SSSR count). The van der Waals surface area contributed by atoms with Crippen molar-refractivity contribution in [2.45, 2.75) is 46.0 Å². The number of amides is 2. The molecule has 27 heavy (non-hydrogen) atoms. The van der Waals surface area contributed by atoms with E-state index in [0.29, 0.717) is 23.9 Å². The van der Waals surface area contributed by atoms with Crippen LogP contribution in [0.25, 0.3) is 10.2 Å². The van der Waals surface area contributed by atoms with Gasteiger partial charge in [-0.15, -0.1) is 11.3 Å². The van der Waals surface area contributed by atoms with Gasteiger partial charge in [0.1, 0.15) is 0 Å². The average molecular weight is 408 g/mol. The largest absolute Gasteiger partial charge is 0.355 e. The van der Waals surface area contributed by atoms with Gasteiger partial charge in [-0.2, -0.15) is 0 Å². The van der Waals surface area contributed by atoms with Crippen molar-refractivity contribution in [3.63, 3.8) is 0 Å². The number of nitrogens with one attached hydrogen (secondary N) is 1. The second-order valence-corrected chi connectivity index (χ2v) is 9.57. The highest BCUT2D eigenvalue weighted by atomic mass is 35.5. The van der Waals surface area contributed by atoms with Gasteiger partial charge in [-0.1, -0.05) is 32.4 Å². The Morgan fingerprint density at radius 1 is 1.30 bits per heavy atom. The summed E-state index contributed by atoms with van der Waals surface area (Å²) in [5.74, 6) is 0.481. The van der Waals surface area contributed by atoms with Crippen LogP contribution in [0.2, 0.25) is 5.02 Å². The maximum absolute atomic E-state index is 12.4. The third kappa shape index (κ3) is 4.99. The lowest BCUT2D eigenvalue weighted by Crippen LogP contribution is -2.41. The van der Waals surface area contributed by atoms with Crippen LogP contribution < -0.4 is 5.32 Å². The second kappa shape index (κ2) is 8.15. The number of hydrogen-bond donors (Lipinski definition) is 1. The predicted molar refractivity (Wildman–Crippen MR) is 110 cm³/mol. The fraction of sp³-hybridized carbons (Fsp3) is 0.550. The van der Waals surface area contributed by atoms with Crippen LogP contribution in [0.5, 0.6) is 0 Å². The molecule has 0 spiro atoms. The monoisotopic (exact) mass is 407 g/mol. The molecule has 2 amide bonds. The molecule has 0 bridgehead atoms. The Balaban J connectivity index is 1.49. The van der Waals surface area contributed by atoms with Gasteiger partial charge >= 0.3 is 0 Å². The molecule has 0 radical (unpaired) electrons. The Morgan fingerprint density at radius 2 is 2.00 bits per heavy atom. The van der Waals surface area contributed by atoms with Gasteiger partial charge in [-0.3, -0.25) is 9.59 Å². The number of fused-ring (bicyclic) bond motifs is 1. The molecule has 2 heterocycles. The fourth-order valence-corrected chi connectivity index (χ4v) is 4.46. The third-order valence-corrected chi connectivity index (χ3v) is 6.30. The van der Waals surface area contributed by atoms with Crippen molar-refractivity contribution in [1.82, 2.24) is 15.2 Å². The maximum atomic E-state index is 12.4. The number of rotatable bonds is 4. The molecular formula is C20H26ClN3O2S. The van der Waals surface area contributed by atoms with Crippen LogP contribution in [0, 0.1) is 5.41 Å². The number of likely N-dealkylation sites (tertiary alicyclic amines) is 1. The molecule has 1 aromatic heterocycles. The van der Waals surface area contributed by atoms with E-state index in [9.17, 15) is 9.59 Å². The molecule has 2 aromatic rings. The molecule has 0 saturated carbocycles. The van der Waals surface area contributed by atoms with Crippen LogP contribution in [-0.4, -0.2) is 41.3 Å². The first-order chi connectivity index (χ1) is 12.7. The highest BCUT2D eigenvalue weighted by Gasteiger charge is 2.26. The lowest BCUT2D eigenvalue weighted by atomic mass is 9.95. The summed E-state index contributed by atoms with van der Waals surface area (Å²) in [7, 11) is 0. The normalized spacial score (nSPS) is 15.9. The zero-order chi connectivity index (χ0) is 19.6. The van der Waals surface area contributed by atoms with Gasteiger partial charge in [-0.05, 0) is 31.0 Å². The van der Waals surface area contributed by atoms with E-state index < -0.39 is 5.41 Å². The van der Waals surface area contributed by atoms with Gasteiger partial charge in [-0.25, -0.2) is 4.98 Å². The van der Waals surface area contributed by atoms with E-state index >= 15 is 0 Å². The molecule has 1 aromatic carbocycles. The van der Waals surface area contributed by atoms with Gasteiger partial charge in [0, 0.05) is 42.4 Å². The van der Waals surface area contributed by atoms with E-state index in [0.717, 1.165) is 41.2 Å². The highest BCUT2D eigenvalue weighted by molar-refractivity contribution is 7.18. The van der Waals surface area contributed by atoms with Crippen LogP contribution in [0.1, 0.15) is 51.0 Å². The summed E-state index contributed by atoms with van der Waals surface area (Å²) in [5, 5.41) is 4.68. The topological polar surface area (TPSA) is 62.3 Å². The Morgan fingerprint density at radius 3 is 2.67 bits per heavy atom. The number of hydrogen-bond acceptors (Lipinski definition) is 4. The van der Waals surface area contributed by atoms with Crippen LogP contribution in [-0.2, 0) is 9.59 Å². The van der Waals surface area contributed by atoms with E-state index in [1.54, 1.807) is 11.3 Å². The number of aromatic nitrogens is 1. The van der Waals surface area contributed by atoms with Gasteiger partial charge in [0.15, 0.2) is 0 Å².